The fourth-order valence-electron chi connectivity index (χ4n) is 1.39. The van der Waals surface area contributed by atoms with Crippen molar-refractivity contribution in [2.75, 3.05) is 20.1 Å². The molecule has 70 valence electrons. The first-order chi connectivity index (χ1) is 6.25. The standard InChI is InChI=1S/C9H13N3S/c1-7-10-11-9(13-7)8-3-5-12(2)6-4-8/h3H,4-6H2,1-2H3. The molecular weight excluding hydrogens is 182 g/mol. The zero-order chi connectivity index (χ0) is 9.26. The lowest BCUT2D eigenvalue weighted by Crippen LogP contribution is -2.23. The minimum atomic E-state index is 1.04. The molecule has 1 aromatic rings. The number of likely N-dealkylation sites (N-methyl/N-ethyl adjacent to an activating group) is 1. The Balaban J connectivity index is 2.18. The van der Waals surface area contributed by atoms with Gasteiger partial charge in [-0.05, 0) is 26.0 Å². The van der Waals surface area contributed by atoms with Crippen LogP contribution in [0.4, 0.5) is 0 Å². The van der Waals surface area contributed by atoms with E-state index in [1.807, 2.05) is 6.92 Å². The molecule has 0 amide bonds. The van der Waals surface area contributed by atoms with E-state index in [2.05, 4.69) is 28.2 Å². The second-order valence-electron chi connectivity index (χ2n) is 3.37. The van der Waals surface area contributed by atoms with Crippen LogP contribution in [0.2, 0.25) is 0 Å². The van der Waals surface area contributed by atoms with Crippen LogP contribution in [0.15, 0.2) is 6.08 Å². The molecule has 0 spiro atoms. The Labute approximate surface area is 82.1 Å². The van der Waals surface area contributed by atoms with Gasteiger partial charge in [-0.25, -0.2) is 0 Å². The van der Waals surface area contributed by atoms with Crippen molar-refractivity contribution < 1.29 is 0 Å². The van der Waals surface area contributed by atoms with E-state index in [-0.39, 0.29) is 0 Å². The van der Waals surface area contributed by atoms with Gasteiger partial charge in [0, 0.05) is 13.1 Å². The maximum atomic E-state index is 4.15. The van der Waals surface area contributed by atoms with E-state index < -0.39 is 0 Å². The third-order valence-corrected chi connectivity index (χ3v) is 3.13. The number of rotatable bonds is 1. The lowest BCUT2D eigenvalue weighted by Gasteiger charge is -2.20. The Kier molecular flexibility index (Phi) is 2.42. The van der Waals surface area contributed by atoms with E-state index in [1.165, 1.54) is 5.57 Å². The molecule has 2 heterocycles. The van der Waals surface area contributed by atoms with Crippen LogP contribution in [0.3, 0.4) is 0 Å². The number of nitrogens with zero attached hydrogens (tertiary/aromatic N) is 3. The van der Waals surface area contributed by atoms with Crippen molar-refractivity contribution in [2.45, 2.75) is 13.3 Å². The van der Waals surface area contributed by atoms with Gasteiger partial charge in [-0.2, -0.15) is 0 Å². The summed E-state index contributed by atoms with van der Waals surface area (Å²) in [4.78, 5) is 2.30. The number of hydrogen-bond acceptors (Lipinski definition) is 4. The highest BCUT2D eigenvalue weighted by atomic mass is 32.1. The molecule has 0 aliphatic carbocycles. The molecule has 1 aliphatic heterocycles. The summed E-state index contributed by atoms with van der Waals surface area (Å²) in [6, 6.07) is 0. The summed E-state index contributed by atoms with van der Waals surface area (Å²) >= 11 is 1.69. The topological polar surface area (TPSA) is 29.0 Å². The molecule has 2 rings (SSSR count). The van der Waals surface area contributed by atoms with E-state index in [0.717, 1.165) is 29.5 Å². The molecule has 0 aromatic carbocycles. The second kappa shape index (κ2) is 3.55. The molecule has 1 aromatic heterocycles. The average Bonchev–Trinajstić information content (AvgIpc) is 2.53. The van der Waals surface area contributed by atoms with E-state index >= 15 is 0 Å². The van der Waals surface area contributed by atoms with Crippen LogP contribution in [-0.4, -0.2) is 35.2 Å². The first-order valence-corrected chi connectivity index (χ1v) is 5.25. The summed E-state index contributed by atoms with van der Waals surface area (Å²) in [6.45, 7) is 4.16. The Hall–Kier alpha value is -0.740. The first kappa shape index (κ1) is 8.84. The van der Waals surface area contributed by atoms with Crippen LogP contribution < -0.4 is 0 Å². The summed E-state index contributed by atoms with van der Waals surface area (Å²) in [5.74, 6) is 0. The van der Waals surface area contributed by atoms with Crippen LogP contribution >= 0.6 is 11.3 Å². The summed E-state index contributed by atoms with van der Waals surface area (Å²) < 4.78 is 0. The van der Waals surface area contributed by atoms with Crippen LogP contribution in [-0.2, 0) is 0 Å². The van der Waals surface area contributed by atoms with Crippen LogP contribution in [0.25, 0.3) is 5.57 Å². The summed E-state index contributed by atoms with van der Waals surface area (Å²) in [5, 5.41) is 10.3. The van der Waals surface area contributed by atoms with Gasteiger partial charge in [-0.3, -0.25) is 0 Å². The molecule has 0 fully saturated rings. The number of aromatic nitrogens is 2. The molecule has 0 saturated heterocycles. The molecular formula is C9H13N3S. The molecule has 0 bridgehead atoms. The lowest BCUT2D eigenvalue weighted by molar-refractivity contribution is 0.370. The van der Waals surface area contributed by atoms with Gasteiger partial charge in [0.25, 0.3) is 0 Å². The van der Waals surface area contributed by atoms with Gasteiger partial charge in [0.05, 0.1) is 0 Å². The molecule has 13 heavy (non-hydrogen) atoms. The van der Waals surface area contributed by atoms with Crippen molar-refractivity contribution in [3.8, 4) is 0 Å². The third-order valence-electron chi connectivity index (χ3n) is 2.21. The van der Waals surface area contributed by atoms with Crippen molar-refractivity contribution >= 4 is 16.9 Å². The maximum absolute atomic E-state index is 4.15. The molecule has 3 nitrogen and oxygen atoms in total. The molecule has 0 saturated carbocycles. The normalized spacial score (nSPS) is 18.8. The number of hydrogen-bond donors (Lipinski definition) is 0. The Morgan fingerprint density at radius 1 is 1.46 bits per heavy atom. The SMILES string of the molecule is Cc1nnc(C2=CCN(C)CC2)s1. The summed E-state index contributed by atoms with van der Waals surface area (Å²) in [5.41, 5.74) is 1.36. The Morgan fingerprint density at radius 2 is 2.31 bits per heavy atom. The smallest absolute Gasteiger partial charge is 0.143 e. The minimum Gasteiger partial charge on any atom is -0.302 e. The molecule has 0 N–H and O–H groups in total. The van der Waals surface area contributed by atoms with Gasteiger partial charge in [-0.1, -0.05) is 17.4 Å². The van der Waals surface area contributed by atoms with Gasteiger partial charge < -0.3 is 4.90 Å². The predicted molar refractivity (Wildman–Crippen MR) is 54.7 cm³/mol. The van der Waals surface area contributed by atoms with Gasteiger partial charge in [0.15, 0.2) is 0 Å². The van der Waals surface area contributed by atoms with Crippen molar-refractivity contribution in [1.29, 1.82) is 0 Å². The zero-order valence-corrected chi connectivity index (χ0v) is 8.77. The first-order valence-electron chi connectivity index (χ1n) is 4.44. The third kappa shape index (κ3) is 1.95. The van der Waals surface area contributed by atoms with Crippen molar-refractivity contribution in [3.05, 3.63) is 16.1 Å². The van der Waals surface area contributed by atoms with Crippen molar-refractivity contribution in [1.82, 2.24) is 15.1 Å². The molecule has 0 unspecified atom stereocenters. The summed E-state index contributed by atoms with van der Waals surface area (Å²) in [6.07, 6.45) is 3.36. The quantitative estimate of drug-likeness (QED) is 0.681. The van der Waals surface area contributed by atoms with Crippen LogP contribution in [0, 0.1) is 6.92 Å². The summed E-state index contributed by atoms with van der Waals surface area (Å²) in [7, 11) is 2.14. The van der Waals surface area contributed by atoms with E-state index in [9.17, 15) is 0 Å². The average molecular weight is 195 g/mol. The van der Waals surface area contributed by atoms with Crippen LogP contribution in [0.5, 0.6) is 0 Å². The fraction of sp³-hybridized carbons (Fsp3) is 0.556. The predicted octanol–water partition coefficient (Wildman–Crippen LogP) is 1.57. The minimum absolute atomic E-state index is 1.04. The number of aryl methyl sites for hydroxylation is 1. The lowest BCUT2D eigenvalue weighted by atomic mass is 10.1. The monoisotopic (exact) mass is 195 g/mol. The second-order valence-corrected chi connectivity index (χ2v) is 4.55. The highest BCUT2D eigenvalue weighted by Gasteiger charge is 2.12. The van der Waals surface area contributed by atoms with Gasteiger partial charge in [0.2, 0.25) is 0 Å². The van der Waals surface area contributed by atoms with Gasteiger partial charge >= 0.3 is 0 Å². The highest BCUT2D eigenvalue weighted by Crippen LogP contribution is 2.24. The van der Waals surface area contributed by atoms with Gasteiger partial charge in [0.1, 0.15) is 10.0 Å². The van der Waals surface area contributed by atoms with Crippen molar-refractivity contribution in [3.63, 3.8) is 0 Å². The molecule has 0 radical (unpaired) electrons. The maximum Gasteiger partial charge on any atom is 0.143 e. The molecule has 4 heteroatoms. The Morgan fingerprint density at radius 3 is 2.85 bits per heavy atom. The van der Waals surface area contributed by atoms with E-state index in [0.29, 0.717) is 0 Å². The molecule has 1 aliphatic rings. The van der Waals surface area contributed by atoms with E-state index in [4.69, 9.17) is 0 Å². The zero-order valence-electron chi connectivity index (χ0n) is 7.95. The van der Waals surface area contributed by atoms with Gasteiger partial charge in [-0.15, -0.1) is 10.2 Å². The largest absolute Gasteiger partial charge is 0.302 e. The highest BCUT2D eigenvalue weighted by molar-refractivity contribution is 7.12. The fourth-order valence-corrected chi connectivity index (χ4v) is 2.15. The Bertz CT molecular complexity index is 329. The van der Waals surface area contributed by atoms with Crippen LogP contribution in [0.1, 0.15) is 16.4 Å². The molecule has 0 atom stereocenters. The van der Waals surface area contributed by atoms with Crippen molar-refractivity contribution in [2.24, 2.45) is 0 Å². The van der Waals surface area contributed by atoms with E-state index in [1.54, 1.807) is 11.3 Å².